The van der Waals surface area contributed by atoms with Crippen molar-refractivity contribution in [2.45, 2.75) is 59.2 Å². The number of nitrogens with one attached hydrogen (secondary N) is 2. The van der Waals surface area contributed by atoms with E-state index in [-0.39, 0.29) is 0 Å². The quantitative estimate of drug-likeness (QED) is 0.631. The Morgan fingerprint density at radius 2 is 2.17 bits per heavy atom. The predicted molar refractivity (Wildman–Crippen MR) is 94.7 cm³/mol. The minimum absolute atomic E-state index is 0.382. The van der Waals surface area contributed by atoms with Crippen LogP contribution in [0.5, 0.6) is 0 Å². The number of carbonyl (C=O) groups excluding carboxylic acids is 1. The largest absolute Gasteiger partial charge is 0.497 e. The van der Waals surface area contributed by atoms with Gasteiger partial charge in [-0.05, 0) is 51.5 Å². The molecule has 0 saturated carbocycles. The van der Waals surface area contributed by atoms with E-state index in [1.807, 2.05) is 20.8 Å². The molecule has 6 heteroatoms. The molecule has 2 unspecified atom stereocenters. The van der Waals surface area contributed by atoms with Crippen LogP contribution in [0.1, 0.15) is 47.5 Å². The Labute approximate surface area is 146 Å². The molecule has 1 rings (SSSR count). The molecule has 0 saturated heterocycles. The molecular weight excluding hydrogens is 308 g/mol. The molecule has 1 amide bonds. The number of rotatable bonds is 8. The van der Waals surface area contributed by atoms with Crippen LogP contribution in [-0.2, 0) is 9.47 Å². The fourth-order valence-corrected chi connectivity index (χ4v) is 2.33. The monoisotopic (exact) mass is 342 g/mol. The maximum Gasteiger partial charge on any atom is 0.407 e. The maximum absolute atomic E-state index is 11.5. The normalized spacial score (nSPS) is 19.5. The van der Waals surface area contributed by atoms with Crippen molar-refractivity contribution in [1.82, 2.24) is 10.6 Å². The summed E-state index contributed by atoms with van der Waals surface area (Å²) in [6.07, 6.45) is 2.69. The van der Waals surface area contributed by atoms with Gasteiger partial charge in [0.15, 0.2) is 0 Å². The summed E-state index contributed by atoms with van der Waals surface area (Å²) in [4.78, 5) is 11.5. The molecule has 1 aliphatic rings. The Morgan fingerprint density at radius 3 is 2.71 bits per heavy atom. The van der Waals surface area contributed by atoms with Gasteiger partial charge in [-0.15, -0.1) is 0 Å². The summed E-state index contributed by atoms with van der Waals surface area (Å²) < 4.78 is 10.9. The highest BCUT2D eigenvalue weighted by molar-refractivity contribution is 5.67. The van der Waals surface area contributed by atoms with Crippen molar-refractivity contribution in [2.24, 2.45) is 11.8 Å². The first-order valence-corrected chi connectivity index (χ1v) is 8.85. The van der Waals surface area contributed by atoms with Crippen LogP contribution >= 0.6 is 0 Å². The highest BCUT2D eigenvalue weighted by Gasteiger charge is 2.18. The number of hydrogen-bond donors (Lipinski definition) is 3. The van der Waals surface area contributed by atoms with Crippen LogP contribution in [0.25, 0.3) is 0 Å². The number of amides is 1. The third kappa shape index (κ3) is 9.13. The van der Waals surface area contributed by atoms with E-state index in [1.165, 1.54) is 0 Å². The Morgan fingerprint density at radius 1 is 1.46 bits per heavy atom. The second-order valence-corrected chi connectivity index (χ2v) is 7.72. The van der Waals surface area contributed by atoms with Gasteiger partial charge in [0.25, 0.3) is 0 Å². The van der Waals surface area contributed by atoms with E-state index in [2.05, 4.69) is 30.6 Å². The van der Waals surface area contributed by atoms with Crippen LogP contribution in [-0.4, -0.2) is 49.1 Å². The standard InChI is InChI=1S/C18H34N2O4/c1-13(2)14-6-7-16(23-12-14)11-19-10-15(21)8-9-20-17(22)24-18(3,4)5/h7,13-15,19,21H,6,8-12H2,1-5H3,(H,20,22). The van der Waals surface area contributed by atoms with Crippen molar-refractivity contribution in [3.8, 4) is 0 Å². The number of hydrogen-bond acceptors (Lipinski definition) is 5. The van der Waals surface area contributed by atoms with E-state index < -0.39 is 17.8 Å². The van der Waals surface area contributed by atoms with Crippen LogP contribution in [0, 0.1) is 11.8 Å². The van der Waals surface area contributed by atoms with Crippen LogP contribution in [0.2, 0.25) is 0 Å². The summed E-state index contributed by atoms with van der Waals surface area (Å²) in [7, 11) is 0. The van der Waals surface area contributed by atoms with Crippen molar-refractivity contribution in [1.29, 1.82) is 0 Å². The van der Waals surface area contributed by atoms with Crippen LogP contribution in [0.15, 0.2) is 11.8 Å². The van der Waals surface area contributed by atoms with E-state index >= 15 is 0 Å². The molecule has 0 radical (unpaired) electrons. The van der Waals surface area contributed by atoms with Crippen LogP contribution < -0.4 is 10.6 Å². The highest BCUT2D eigenvalue weighted by Crippen LogP contribution is 2.22. The first kappa shape index (κ1) is 20.8. The smallest absolute Gasteiger partial charge is 0.407 e. The zero-order valence-corrected chi connectivity index (χ0v) is 15.7. The van der Waals surface area contributed by atoms with E-state index in [0.29, 0.717) is 37.9 Å². The van der Waals surface area contributed by atoms with Gasteiger partial charge in [0.05, 0.1) is 19.3 Å². The Bertz CT molecular complexity index is 416. The van der Waals surface area contributed by atoms with Crippen LogP contribution in [0.4, 0.5) is 4.79 Å². The van der Waals surface area contributed by atoms with Crippen molar-refractivity contribution >= 4 is 6.09 Å². The van der Waals surface area contributed by atoms with Gasteiger partial charge in [-0.1, -0.05) is 13.8 Å². The highest BCUT2D eigenvalue weighted by atomic mass is 16.6. The summed E-state index contributed by atoms with van der Waals surface area (Å²) in [6.45, 7) is 12.1. The van der Waals surface area contributed by atoms with Gasteiger partial charge >= 0.3 is 6.09 Å². The summed E-state index contributed by atoms with van der Waals surface area (Å²) >= 11 is 0. The summed E-state index contributed by atoms with van der Waals surface area (Å²) in [5, 5.41) is 15.8. The molecule has 2 atom stereocenters. The number of aliphatic hydroxyl groups is 1. The van der Waals surface area contributed by atoms with E-state index in [9.17, 15) is 9.90 Å². The fourth-order valence-electron chi connectivity index (χ4n) is 2.33. The molecule has 0 aromatic rings. The lowest BCUT2D eigenvalue weighted by atomic mass is 9.92. The zero-order chi connectivity index (χ0) is 18.2. The van der Waals surface area contributed by atoms with Crippen molar-refractivity contribution < 1.29 is 19.4 Å². The average Bonchev–Trinajstić information content (AvgIpc) is 2.46. The summed E-state index contributed by atoms with van der Waals surface area (Å²) in [5.41, 5.74) is -0.507. The Balaban J connectivity index is 2.10. The maximum atomic E-state index is 11.5. The van der Waals surface area contributed by atoms with Gasteiger partial charge in [-0.25, -0.2) is 4.79 Å². The molecular formula is C18H34N2O4. The number of carbonyl (C=O) groups is 1. The van der Waals surface area contributed by atoms with Gasteiger partial charge < -0.3 is 25.2 Å². The van der Waals surface area contributed by atoms with Crippen molar-refractivity contribution in [3.05, 3.63) is 11.8 Å². The lowest BCUT2D eigenvalue weighted by Gasteiger charge is -2.26. The van der Waals surface area contributed by atoms with Gasteiger partial charge in [-0.3, -0.25) is 0 Å². The second kappa shape index (κ2) is 9.89. The molecule has 0 aromatic carbocycles. The number of aliphatic hydroxyl groups excluding tert-OH is 1. The first-order valence-electron chi connectivity index (χ1n) is 8.85. The van der Waals surface area contributed by atoms with Crippen molar-refractivity contribution in [3.63, 3.8) is 0 Å². The number of ether oxygens (including phenoxy) is 2. The predicted octanol–water partition coefficient (Wildman–Crippen LogP) is 2.43. The molecule has 24 heavy (non-hydrogen) atoms. The minimum atomic E-state index is -0.521. The lowest BCUT2D eigenvalue weighted by Crippen LogP contribution is -2.36. The Hall–Kier alpha value is -1.27. The SMILES string of the molecule is CC(C)C1CC=C(CNCC(O)CCNC(=O)OC(C)(C)C)OC1. The third-order valence-corrected chi connectivity index (χ3v) is 3.90. The minimum Gasteiger partial charge on any atom is -0.497 e. The molecule has 0 aliphatic carbocycles. The molecule has 0 aromatic heterocycles. The first-order chi connectivity index (χ1) is 11.2. The van der Waals surface area contributed by atoms with Gasteiger partial charge in [0, 0.05) is 13.1 Å². The average molecular weight is 342 g/mol. The van der Waals surface area contributed by atoms with Gasteiger partial charge in [0.1, 0.15) is 11.4 Å². The van der Waals surface area contributed by atoms with E-state index in [0.717, 1.165) is 18.8 Å². The lowest BCUT2D eigenvalue weighted by molar-refractivity contribution is 0.0518. The molecule has 3 N–H and O–H groups in total. The van der Waals surface area contributed by atoms with E-state index in [4.69, 9.17) is 9.47 Å². The topological polar surface area (TPSA) is 79.8 Å². The molecule has 1 heterocycles. The summed E-state index contributed by atoms with van der Waals surface area (Å²) in [5.74, 6) is 2.18. The second-order valence-electron chi connectivity index (χ2n) is 7.72. The molecule has 6 nitrogen and oxygen atoms in total. The fraction of sp³-hybridized carbons (Fsp3) is 0.833. The molecule has 0 fully saturated rings. The van der Waals surface area contributed by atoms with Crippen LogP contribution in [0.3, 0.4) is 0 Å². The van der Waals surface area contributed by atoms with Gasteiger partial charge in [-0.2, -0.15) is 0 Å². The number of allylic oxidation sites excluding steroid dienone is 1. The van der Waals surface area contributed by atoms with E-state index in [1.54, 1.807) is 0 Å². The molecule has 0 bridgehead atoms. The van der Waals surface area contributed by atoms with Gasteiger partial charge in [0.2, 0.25) is 0 Å². The Kier molecular flexibility index (Phi) is 8.56. The summed E-state index contributed by atoms with van der Waals surface area (Å²) in [6, 6.07) is 0. The van der Waals surface area contributed by atoms with Crippen molar-refractivity contribution in [2.75, 3.05) is 26.2 Å². The third-order valence-electron chi connectivity index (χ3n) is 3.90. The molecule has 0 spiro atoms. The number of alkyl carbamates (subject to hydrolysis) is 1. The molecule has 1 aliphatic heterocycles. The zero-order valence-electron chi connectivity index (χ0n) is 15.7. The molecule has 140 valence electrons.